The number of pyridine rings is 1. The molecule has 1 aromatic carbocycles. The van der Waals surface area contributed by atoms with Crippen molar-refractivity contribution in [3.63, 3.8) is 0 Å². The van der Waals surface area contributed by atoms with Crippen LogP contribution < -0.4 is 9.47 Å². The molecule has 0 bridgehead atoms. The van der Waals surface area contributed by atoms with Gasteiger partial charge in [-0.05, 0) is 37.3 Å². The van der Waals surface area contributed by atoms with Crippen molar-refractivity contribution in [2.75, 3.05) is 7.11 Å². The Balaban J connectivity index is 2.06. The van der Waals surface area contributed by atoms with Crippen molar-refractivity contribution < 1.29 is 9.47 Å². The summed E-state index contributed by atoms with van der Waals surface area (Å²) >= 11 is 0. The first-order chi connectivity index (χ1) is 10.7. The molecular weight excluding hydrogens is 276 g/mol. The van der Waals surface area contributed by atoms with E-state index >= 15 is 0 Å². The zero-order chi connectivity index (χ0) is 15.5. The third kappa shape index (κ3) is 2.66. The third-order valence-electron chi connectivity index (χ3n) is 3.61. The maximum absolute atomic E-state index is 9.41. The van der Waals surface area contributed by atoms with Gasteiger partial charge in [0.05, 0.1) is 18.4 Å². The quantitative estimate of drug-likeness (QED) is 0.813. The lowest BCUT2D eigenvalue weighted by Gasteiger charge is -2.09. The van der Waals surface area contributed by atoms with Gasteiger partial charge in [0.25, 0.3) is 0 Å². The number of hydrogen-bond donors (Lipinski definition) is 0. The molecule has 2 heterocycles. The van der Waals surface area contributed by atoms with Gasteiger partial charge in [0.2, 0.25) is 0 Å². The van der Waals surface area contributed by atoms with Crippen molar-refractivity contribution in [1.29, 1.82) is 5.26 Å². The van der Waals surface area contributed by atoms with E-state index in [-0.39, 0.29) is 6.10 Å². The minimum Gasteiger partial charge on any atom is -0.496 e. The molecule has 0 aliphatic carbocycles. The van der Waals surface area contributed by atoms with Gasteiger partial charge in [-0.15, -0.1) is 0 Å². The summed E-state index contributed by atoms with van der Waals surface area (Å²) < 4.78 is 11.2. The fourth-order valence-corrected chi connectivity index (χ4v) is 2.59. The van der Waals surface area contributed by atoms with E-state index < -0.39 is 0 Å². The first-order valence-corrected chi connectivity index (χ1v) is 7.12. The summed E-state index contributed by atoms with van der Waals surface area (Å²) in [7, 11) is 1.63. The second-order valence-electron chi connectivity index (χ2n) is 5.22. The smallest absolute Gasteiger partial charge is 0.126 e. The predicted molar refractivity (Wildman–Crippen MR) is 84.5 cm³/mol. The van der Waals surface area contributed by atoms with Crippen molar-refractivity contribution in [3.8, 4) is 17.6 Å². The molecule has 0 amide bonds. The lowest BCUT2D eigenvalue weighted by molar-refractivity contribution is 0.254. The number of benzene rings is 1. The Morgan fingerprint density at radius 3 is 3.00 bits per heavy atom. The van der Waals surface area contributed by atoms with E-state index in [0.29, 0.717) is 11.3 Å². The Morgan fingerprint density at radius 1 is 1.45 bits per heavy atom. The van der Waals surface area contributed by atoms with Crippen LogP contribution in [0.1, 0.15) is 23.7 Å². The Morgan fingerprint density at radius 2 is 2.32 bits per heavy atom. The molecule has 0 fully saturated rings. The van der Waals surface area contributed by atoms with E-state index in [1.807, 2.05) is 37.3 Å². The molecule has 2 aromatic rings. The molecule has 0 saturated heterocycles. The van der Waals surface area contributed by atoms with E-state index in [4.69, 9.17) is 9.47 Å². The zero-order valence-corrected chi connectivity index (χ0v) is 12.5. The Bertz CT molecular complexity index is 761. The average Bonchev–Trinajstić information content (AvgIpc) is 2.91. The van der Waals surface area contributed by atoms with Gasteiger partial charge in [-0.1, -0.05) is 6.07 Å². The molecular formula is C18H16N2O2. The molecule has 0 N–H and O–H groups in total. The van der Waals surface area contributed by atoms with Gasteiger partial charge in [-0.3, -0.25) is 4.98 Å². The van der Waals surface area contributed by atoms with Crippen LogP contribution >= 0.6 is 0 Å². The molecule has 0 spiro atoms. The summed E-state index contributed by atoms with van der Waals surface area (Å²) in [5.41, 5.74) is 3.09. The first-order valence-electron chi connectivity index (χ1n) is 7.12. The fourth-order valence-electron chi connectivity index (χ4n) is 2.59. The molecule has 4 nitrogen and oxygen atoms in total. The van der Waals surface area contributed by atoms with Crippen LogP contribution in [-0.4, -0.2) is 18.2 Å². The lowest BCUT2D eigenvalue weighted by Crippen LogP contribution is -2.05. The number of fused-ring (bicyclic) bond motifs is 1. The molecule has 1 aromatic heterocycles. The Labute approximate surface area is 129 Å². The summed E-state index contributed by atoms with van der Waals surface area (Å²) in [5.74, 6) is 1.60. The highest BCUT2D eigenvalue weighted by Gasteiger charge is 2.21. The highest BCUT2D eigenvalue weighted by Crippen LogP contribution is 2.36. The number of ether oxygens (including phenoxy) is 2. The van der Waals surface area contributed by atoms with E-state index in [9.17, 15) is 5.26 Å². The molecule has 0 radical (unpaired) electrons. The van der Waals surface area contributed by atoms with Crippen LogP contribution in [0.15, 0.2) is 36.5 Å². The maximum Gasteiger partial charge on any atom is 0.126 e. The van der Waals surface area contributed by atoms with Gasteiger partial charge >= 0.3 is 0 Å². The molecule has 22 heavy (non-hydrogen) atoms. The summed E-state index contributed by atoms with van der Waals surface area (Å²) in [6.45, 7) is 2.04. The van der Waals surface area contributed by atoms with Gasteiger partial charge in [0.15, 0.2) is 0 Å². The van der Waals surface area contributed by atoms with Crippen LogP contribution in [0.5, 0.6) is 11.5 Å². The van der Waals surface area contributed by atoms with Crippen molar-refractivity contribution in [3.05, 3.63) is 53.3 Å². The molecule has 3 rings (SSSR count). The third-order valence-corrected chi connectivity index (χ3v) is 3.61. The summed E-state index contributed by atoms with van der Waals surface area (Å²) in [4.78, 5) is 4.22. The number of nitriles is 1. The maximum atomic E-state index is 9.41. The molecule has 110 valence electrons. The van der Waals surface area contributed by atoms with E-state index in [1.54, 1.807) is 19.4 Å². The van der Waals surface area contributed by atoms with E-state index in [2.05, 4.69) is 11.1 Å². The van der Waals surface area contributed by atoms with Crippen molar-refractivity contribution in [2.24, 2.45) is 0 Å². The number of methoxy groups -OCH3 is 1. The van der Waals surface area contributed by atoms with Crippen LogP contribution in [-0.2, 0) is 6.42 Å². The largest absolute Gasteiger partial charge is 0.496 e. The first kappa shape index (κ1) is 14.2. The van der Waals surface area contributed by atoms with Crippen molar-refractivity contribution in [1.82, 2.24) is 4.98 Å². The molecule has 4 heteroatoms. The minimum atomic E-state index is 0.171. The van der Waals surface area contributed by atoms with Gasteiger partial charge in [0.1, 0.15) is 23.7 Å². The Kier molecular flexibility index (Phi) is 3.80. The zero-order valence-electron chi connectivity index (χ0n) is 12.5. The molecule has 0 saturated carbocycles. The molecule has 1 atom stereocenters. The second-order valence-corrected chi connectivity index (χ2v) is 5.22. The van der Waals surface area contributed by atoms with Crippen LogP contribution in [0.4, 0.5) is 0 Å². The standard InChI is InChI=1S/C18H16N2O2/c1-12-7-13-9-17(21-2)14(10-18(13)22-12)8-15(11-19)16-5-3-4-6-20-16/h3-6,8-10,12H,7H2,1-2H3. The normalized spacial score (nSPS) is 16.6. The average molecular weight is 292 g/mol. The number of hydrogen-bond acceptors (Lipinski definition) is 4. The summed E-state index contributed by atoms with van der Waals surface area (Å²) in [5, 5.41) is 9.41. The van der Waals surface area contributed by atoms with Gasteiger partial charge in [-0.2, -0.15) is 5.26 Å². The van der Waals surface area contributed by atoms with Crippen LogP contribution in [0.2, 0.25) is 0 Å². The van der Waals surface area contributed by atoms with E-state index in [0.717, 1.165) is 29.0 Å². The highest BCUT2D eigenvalue weighted by atomic mass is 16.5. The molecule has 1 aliphatic heterocycles. The van der Waals surface area contributed by atoms with Gasteiger partial charge in [0, 0.05) is 23.7 Å². The Hall–Kier alpha value is -2.80. The predicted octanol–water partition coefficient (Wildman–Crippen LogP) is 3.48. The molecule has 1 unspecified atom stereocenters. The summed E-state index contributed by atoms with van der Waals surface area (Å²) in [6.07, 6.45) is 4.50. The highest BCUT2D eigenvalue weighted by molar-refractivity contribution is 5.89. The monoisotopic (exact) mass is 292 g/mol. The number of allylic oxidation sites excluding steroid dienone is 1. The second kappa shape index (κ2) is 5.90. The minimum absolute atomic E-state index is 0.171. The van der Waals surface area contributed by atoms with Gasteiger partial charge in [-0.25, -0.2) is 0 Å². The summed E-state index contributed by atoms with van der Waals surface area (Å²) in [6, 6.07) is 11.6. The van der Waals surface area contributed by atoms with Crippen LogP contribution in [0.3, 0.4) is 0 Å². The van der Waals surface area contributed by atoms with Crippen molar-refractivity contribution in [2.45, 2.75) is 19.4 Å². The van der Waals surface area contributed by atoms with Crippen LogP contribution in [0, 0.1) is 11.3 Å². The topological polar surface area (TPSA) is 55.1 Å². The number of aromatic nitrogens is 1. The van der Waals surface area contributed by atoms with Crippen LogP contribution in [0.25, 0.3) is 11.6 Å². The molecule has 1 aliphatic rings. The fraction of sp³-hybridized carbons (Fsp3) is 0.222. The lowest BCUT2D eigenvalue weighted by atomic mass is 10.0. The SMILES string of the molecule is COc1cc2c(cc1C=C(C#N)c1ccccn1)OC(C)C2. The number of rotatable bonds is 3. The van der Waals surface area contributed by atoms with Gasteiger partial charge < -0.3 is 9.47 Å². The van der Waals surface area contributed by atoms with E-state index in [1.165, 1.54) is 0 Å². The van der Waals surface area contributed by atoms with Crippen molar-refractivity contribution >= 4 is 11.6 Å². The number of nitrogens with zero attached hydrogens (tertiary/aromatic N) is 2.